The van der Waals surface area contributed by atoms with E-state index in [2.05, 4.69) is 0 Å². The summed E-state index contributed by atoms with van der Waals surface area (Å²) in [6.07, 6.45) is 3.48. The highest BCUT2D eigenvalue weighted by atomic mass is 16.7. The monoisotopic (exact) mass is 183 g/mol. The Kier molecular flexibility index (Phi) is 1.60. The predicted molar refractivity (Wildman–Crippen MR) is 43.7 cm³/mol. The number of piperidine rings is 1. The number of nitrogens with zero attached hydrogens (tertiary/aromatic N) is 1. The van der Waals surface area contributed by atoms with Crippen LogP contribution in [-0.2, 0) is 14.4 Å². The molecule has 4 heteroatoms. The molecule has 3 aliphatic heterocycles. The Balaban J connectivity index is 1.85. The van der Waals surface area contributed by atoms with Gasteiger partial charge in [0.2, 0.25) is 0 Å². The molecule has 0 saturated carbocycles. The van der Waals surface area contributed by atoms with Gasteiger partial charge in [0.15, 0.2) is 0 Å². The van der Waals surface area contributed by atoms with Crippen LogP contribution in [0.3, 0.4) is 0 Å². The molecule has 3 aliphatic rings. The third kappa shape index (κ3) is 1.02. The Morgan fingerprint density at radius 1 is 1.38 bits per heavy atom. The summed E-state index contributed by atoms with van der Waals surface area (Å²) in [4.78, 5) is 17.0. The van der Waals surface area contributed by atoms with E-state index >= 15 is 0 Å². The normalized spacial score (nSPS) is 44.3. The minimum absolute atomic E-state index is 0.000278. The first-order valence-corrected chi connectivity index (χ1v) is 4.96. The molecule has 0 aromatic carbocycles. The molecule has 3 fully saturated rings. The van der Waals surface area contributed by atoms with Gasteiger partial charge in [0.1, 0.15) is 18.6 Å². The van der Waals surface area contributed by atoms with E-state index in [-0.39, 0.29) is 18.0 Å². The second-order valence-electron chi connectivity index (χ2n) is 4.00. The molecule has 3 saturated heterocycles. The van der Waals surface area contributed by atoms with Crippen molar-refractivity contribution in [2.45, 2.75) is 31.4 Å². The van der Waals surface area contributed by atoms with E-state index in [4.69, 9.17) is 9.57 Å². The topological polar surface area (TPSA) is 38.8 Å². The molecule has 0 amide bonds. The maximum Gasteiger partial charge on any atom is 0.313 e. The molecule has 72 valence electrons. The molecule has 0 radical (unpaired) electrons. The van der Waals surface area contributed by atoms with E-state index in [0.717, 1.165) is 13.0 Å². The fraction of sp³-hybridized carbons (Fsp3) is 0.889. The van der Waals surface area contributed by atoms with Gasteiger partial charge < -0.3 is 4.74 Å². The van der Waals surface area contributed by atoms with Gasteiger partial charge in [-0.1, -0.05) is 6.42 Å². The van der Waals surface area contributed by atoms with Crippen LogP contribution in [0.25, 0.3) is 0 Å². The zero-order valence-electron chi connectivity index (χ0n) is 7.44. The summed E-state index contributed by atoms with van der Waals surface area (Å²) in [5.41, 5.74) is 0. The van der Waals surface area contributed by atoms with Gasteiger partial charge in [-0.15, -0.1) is 0 Å². The van der Waals surface area contributed by atoms with Crippen LogP contribution >= 0.6 is 0 Å². The average molecular weight is 183 g/mol. The number of esters is 1. The molecule has 0 aromatic heterocycles. The number of hydrogen-bond acceptors (Lipinski definition) is 4. The maximum atomic E-state index is 11.4. The minimum Gasteiger partial charge on any atom is -0.462 e. The molecular formula is C9H13NO3. The smallest absolute Gasteiger partial charge is 0.313 e. The van der Waals surface area contributed by atoms with Crippen LogP contribution in [0.2, 0.25) is 0 Å². The Morgan fingerprint density at radius 2 is 2.31 bits per heavy atom. The van der Waals surface area contributed by atoms with Crippen molar-refractivity contribution in [3.63, 3.8) is 0 Å². The Labute approximate surface area is 76.7 Å². The third-order valence-electron chi connectivity index (χ3n) is 3.25. The van der Waals surface area contributed by atoms with Crippen LogP contribution in [-0.4, -0.2) is 36.3 Å². The summed E-state index contributed by atoms with van der Waals surface area (Å²) in [6, 6.07) is 0.300. The second kappa shape index (κ2) is 2.69. The predicted octanol–water partition coefficient (Wildman–Crippen LogP) is 0.328. The van der Waals surface area contributed by atoms with E-state index in [1.54, 1.807) is 0 Å². The van der Waals surface area contributed by atoms with E-state index in [1.165, 1.54) is 12.8 Å². The van der Waals surface area contributed by atoms with Crippen molar-refractivity contribution < 1.29 is 14.4 Å². The molecule has 3 rings (SSSR count). The van der Waals surface area contributed by atoms with Crippen LogP contribution in [0.15, 0.2) is 0 Å². The highest BCUT2D eigenvalue weighted by molar-refractivity contribution is 5.76. The van der Waals surface area contributed by atoms with Gasteiger partial charge in [0.05, 0.1) is 6.04 Å². The largest absolute Gasteiger partial charge is 0.462 e. The number of cyclic esters (lactones) is 1. The molecule has 0 aliphatic carbocycles. The second-order valence-corrected chi connectivity index (χ2v) is 4.00. The summed E-state index contributed by atoms with van der Waals surface area (Å²) >= 11 is 0. The van der Waals surface area contributed by atoms with Crippen molar-refractivity contribution in [2.24, 2.45) is 5.92 Å². The fourth-order valence-electron chi connectivity index (χ4n) is 2.61. The van der Waals surface area contributed by atoms with Gasteiger partial charge in [-0.2, -0.15) is 5.06 Å². The van der Waals surface area contributed by atoms with E-state index in [1.807, 2.05) is 5.06 Å². The highest BCUT2D eigenvalue weighted by Crippen LogP contribution is 2.37. The molecule has 0 bridgehead atoms. The molecule has 0 spiro atoms. The van der Waals surface area contributed by atoms with Gasteiger partial charge in [0.25, 0.3) is 0 Å². The number of ether oxygens (including phenoxy) is 1. The lowest BCUT2D eigenvalue weighted by molar-refractivity contribution is -0.181. The molecule has 0 N–H and O–H groups in total. The maximum absolute atomic E-state index is 11.4. The number of fused-ring (bicyclic) bond motifs is 3. The molecule has 13 heavy (non-hydrogen) atoms. The molecule has 4 nitrogen and oxygen atoms in total. The summed E-state index contributed by atoms with van der Waals surface area (Å²) in [7, 11) is 0. The van der Waals surface area contributed by atoms with E-state index in [0.29, 0.717) is 12.6 Å². The van der Waals surface area contributed by atoms with Gasteiger partial charge in [-0.05, 0) is 12.8 Å². The van der Waals surface area contributed by atoms with Gasteiger partial charge in [-0.3, -0.25) is 9.63 Å². The zero-order valence-corrected chi connectivity index (χ0v) is 7.44. The number of hydroxylamine groups is 2. The minimum atomic E-state index is -0.0561. The molecule has 0 unspecified atom stereocenters. The van der Waals surface area contributed by atoms with Crippen LogP contribution in [0.5, 0.6) is 0 Å². The lowest BCUT2D eigenvalue weighted by Gasteiger charge is -2.28. The number of carbonyl (C=O) groups is 1. The summed E-state index contributed by atoms with van der Waals surface area (Å²) < 4.78 is 4.98. The summed E-state index contributed by atoms with van der Waals surface area (Å²) in [5, 5.41) is 2.00. The SMILES string of the molecule is O=C1OC[C@H]2ON3CCCC[C@@H]3[C@@H]12. The summed E-state index contributed by atoms with van der Waals surface area (Å²) in [5.74, 6) is -0.0558. The molecule has 0 aromatic rings. The molecule has 3 heterocycles. The first-order valence-electron chi connectivity index (χ1n) is 4.96. The quantitative estimate of drug-likeness (QED) is 0.507. The van der Waals surface area contributed by atoms with Crippen molar-refractivity contribution >= 4 is 5.97 Å². The first-order chi connectivity index (χ1) is 6.36. The third-order valence-corrected chi connectivity index (χ3v) is 3.25. The number of hydrogen-bond donors (Lipinski definition) is 0. The highest BCUT2D eigenvalue weighted by Gasteiger charge is 2.52. The van der Waals surface area contributed by atoms with Crippen molar-refractivity contribution in [1.82, 2.24) is 5.06 Å². The van der Waals surface area contributed by atoms with Crippen molar-refractivity contribution in [3.8, 4) is 0 Å². The van der Waals surface area contributed by atoms with Crippen molar-refractivity contribution in [2.75, 3.05) is 13.2 Å². The van der Waals surface area contributed by atoms with E-state index < -0.39 is 0 Å². The number of rotatable bonds is 0. The lowest BCUT2D eigenvalue weighted by Crippen LogP contribution is -2.38. The van der Waals surface area contributed by atoms with E-state index in [9.17, 15) is 4.79 Å². The van der Waals surface area contributed by atoms with Gasteiger partial charge >= 0.3 is 5.97 Å². The number of carbonyl (C=O) groups excluding carboxylic acids is 1. The van der Waals surface area contributed by atoms with Crippen molar-refractivity contribution in [3.05, 3.63) is 0 Å². The average Bonchev–Trinajstić information content (AvgIpc) is 2.66. The molecular weight excluding hydrogens is 170 g/mol. The van der Waals surface area contributed by atoms with Gasteiger partial charge in [0, 0.05) is 6.54 Å². The fourth-order valence-corrected chi connectivity index (χ4v) is 2.61. The van der Waals surface area contributed by atoms with Crippen LogP contribution in [0.4, 0.5) is 0 Å². The van der Waals surface area contributed by atoms with Gasteiger partial charge in [-0.25, -0.2) is 0 Å². The van der Waals surface area contributed by atoms with Crippen molar-refractivity contribution in [1.29, 1.82) is 0 Å². The van der Waals surface area contributed by atoms with Crippen LogP contribution < -0.4 is 0 Å². The first kappa shape index (κ1) is 7.76. The zero-order chi connectivity index (χ0) is 8.84. The Bertz CT molecular complexity index is 243. The Morgan fingerprint density at radius 3 is 3.23 bits per heavy atom. The lowest BCUT2D eigenvalue weighted by atomic mass is 9.91. The summed E-state index contributed by atoms with van der Waals surface area (Å²) in [6.45, 7) is 1.43. The standard InChI is InChI=1S/C9H13NO3/c11-9-8-6-3-1-2-4-10(6)13-7(8)5-12-9/h6-8H,1-5H2/t6-,7-,8-/m1/s1. The Hall–Kier alpha value is -0.610. The van der Waals surface area contributed by atoms with Crippen LogP contribution in [0, 0.1) is 5.92 Å². The van der Waals surface area contributed by atoms with Crippen LogP contribution in [0.1, 0.15) is 19.3 Å². The molecule has 3 atom stereocenters.